The summed E-state index contributed by atoms with van der Waals surface area (Å²) in [6, 6.07) is 13.4. The van der Waals surface area contributed by atoms with Gasteiger partial charge in [0.1, 0.15) is 0 Å². The minimum Gasteiger partial charge on any atom is -0.480 e. The molecule has 1 amide bonds. The SMILES string of the molecule is O=Cc1cccc(F)c1OCC(=O)NCc1ccccc1. The largest absolute Gasteiger partial charge is 0.480 e. The number of rotatable bonds is 6. The second kappa shape index (κ2) is 7.19. The number of aldehydes is 1. The quantitative estimate of drug-likeness (QED) is 0.830. The molecule has 0 unspecified atom stereocenters. The standard InChI is InChI=1S/C16H14FNO3/c17-14-8-4-7-13(10-19)16(14)21-11-15(20)18-9-12-5-2-1-3-6-12/h1-8,10H,9,11H2,(H,18,20). The van der Waals surface area contributed by atoms with Crippen molar-refractivity contribution >= 4 is 12.2 Å². The molecule has 21 heavy (non-hydrogen) atoms. The van der Waals surface area contributed by atoms with E-state index in [0.717, 1.165) is 5.56 Å². The third-order valence-corrected chi connectivity index (χ3v) is 2.80. The Labute approximate surface area is 121 Å². The number of carbonyl (C=O) groups excluding carboxylic acids is 2. The van der Waals surface area contributed by atoms with E-state index >= 15 is 0 Å². The fourth-order valence-corrected chi connectivity index (χ4v) is 1.76. The Morgan fingerprint density at radius 1 is 1.14 bits per heavy atom. The highest BCUT2D eigenvalue weighted by atomic mass is 19.1. The molecule has 0 fully saturated rings. The van der Waals surface area contributed by atoms with Crippen molar-refractivity contribution in [3.63, 3.8) is 0 Å². The van der Waals surface area contributed by atoms with E-state index in [-0.39, 0.29) is 23.8 Å². The Balaban J connectivity index is 1.88. The monoisotopic (exact) mass is 287 g/mol. The molecule has 0 aromatic heterocycles. The van der Waals surface area contributed by atoms with Crippen molar-refractivity contribution in [3.8, 4) is 5.75 Å². The maximum atomic E-state index is 13.5. The van der Waals surface area contributed by atoms with Gasteiger partial charge >= 0.3 is 0 Å². The van der Waals surface area contributed by atoms with Gasteiger partial charge in [0.15, 0.2) is 24.5 Å². The van der Waals surface area contributed by atoms with E-state index in [9.17, 15) is 14.0 Å². The fraction of sp³-hybridized carbons (Fsp3) is 0.125. The first-order chi connectivity index (χ1) is 10.2. The zero-order chi connectivity index (χ0) is 15.1. The van der Waals surface area contributed by atoms with E-state index in [1.807, 2.05) is 30.3 Å². The van der Waals surface area contributed by atoms with Crippen molar-refractivity contribution in [1.29, 1.82) is 0 Å². The van der Waals surface area contributed by atoms with E-state index in [1.165, 1.54) is 18.2 Å². The number of ether oxygens (including phenoxy) is 1. The van der Waals surface area contributed by atoms with Crippen LogP contribution in [-0.4, -0.2) is 18.8 Å². The summed E-state index contributed by atoms with van der Waals surface area (Å²) in [7, 11) is 0. The molecule has 4 nitrogen and oxygen atoms in total. The number of hydrogen-bond donors (Lipinski definition) is 1. The van der Waals surface area contributed by atoms with Crippen LogP contribution in [0, 0.1) is 5.82 Å². The molecule has 0 atom stereocenters. The van der Waals surface area contributed by atoms with Crippen LogP contribution < -0.4 is 10.1 Å². The fourth-order valence-electron chi connectivity index (χ4n) is 1.76. The minimum atomic E-state index is -0.671. The third kappa shape index (κ3) is 4.14. The molecule has 2 aromatic rings. The summed E-state index contributed by atoms with van der Waals surface area (Å²) >= 11 is 0. The van der Waals surface area contributed by atoms with Crippen molar-refractivity contribution in [2.24, 2.45) is 0 Å². The summed E-state index contributed by atoms with van der Waals surface area (Å²) in [5, 5.41) is 2.65. The van der Waals surface area contributed by atoms with Gasteiger partial charge in [-0.25, -0.2) is 4.39 Å². The molecular weight excluding hydrogens is 273 g/mol. The molecule has 0 aliphatic heterocycles. The van der Waals surface area contributed by atoms with Crippen molar-refractivity contribution in [2.75, 3.05) is 6.61 Å². The number of amides is 1. The number of nitrogens with one attached hydrogen (secondary N) is 1. The van der Waals surface area contributed by atoms with Gasteiger partial charge in [-0.2, -0.15) is 0 Å². The van der Waals surface area contributed by atoms with E-state index in [0.29, 0.717) is 12.8 Å². The van der Waals surface area contributed by atoms with Gasteiger partial charge in [0.05, 0.1) is 5.56 Å². The summed E-state index contributed by atoms with van der Waals surface area (Å²) in [6.07, 6.45) is 0.486. The Morgan fingerprint density at radius 3 is 2.62 bits per heavy atom. The molecule has 0 saturated carbocycles. The zero-order valence-corrected chi connectivity index (χ0v) is 11.2. The lowest BCUT2D eigenvalue weighted by molar-refractivity contribution is -0.123. The number of carbonyl (C=O) groups is 2. The Bertz CT molecular complexity index is 629. The molecule has 0 bridgehead atoms. The molecule has 2 aromatic carbocycles. The average molecular weight is 287 g/mol. The van der Waals surface area contributed by atoms with Crippen LogP contribution in [-0.2, 0) is 11.3 Å². The van der Waals surface area contributed by atoms with E-state index < -0.39 is 5.82 Å². The molecule has 0 spiro atoms. The Kier molecular flexibility index (Phi) is 5.04. The highest BCUT2D eigenvalue weighted by Crippen LogP contribution is 2.20. The van der Waals surface area contributed by atoms with Gasteiger partial charge in [0.2, 0.25) is 0 Å². The molecule has 0 radical (unpaired) electrons. The maximum Gasteiger partial charge on any atom is 0.258 e. The van der Waals surface area contributed by atoms with Crippen molar-refractivity contribution in [1.82, 2.24) is 5.32 Å². The Hall–Kier alpha value is -2.69. The summed E-state index contributed by atoms with van der Waals surface area (Å²) in [6.45, 7) is 0.00937. The number of benzene rings is 2. The van der Waals surface area contributed by atoms with Gasteiger partial charge in [-0.15, -0.1) is 0 Å². The van der Waals surface area contributed by atoms with E-state index in [2.05, 4.69) is 5.32 Å². The van der Waals surface area contributed by atoms with Crippen LogP contribution in [0.1, 0.15) is 15.9 Å². The predicted octanol–water partition coefficient (Wildman–Crippen LogP) is 2.33. The average Bonchev–Trinajstić information content (AvgIpc) is 2.52. The molecular formula is C16H14FNO3. The van der Waals surface area contributed by atoms with Crippen LogP contribution in [0.15, 0.2) is 48.5 Å². The molecule has 2 rings (SSSR count). The lowest BCUT2D eigenvalue weighted by Crippen LogP contribution is -2.28. The van der Waals surface area contributed by atoms with E-state index in [1.54, 1.807) is 0 Å². The second-order valence-corrected chi connectivity index (χ2v) is 4.33. The topological polar surface area (TPSA) is 55.4 Å². The first kappa shape index (κ1) is 14.7. The second-order valence-electron chi connectivity index (χ2n) is 4.33. The molecule has 1 N–H and O–H groups in total. The highest BCUT2D eigenvalue weighted by Gasteiger charge is 2.11. The molecule has 0 aliphatic carbocycles. The summed E-state index contributed by atoms with van der Waals surface area (Å²) < 4.78 is 18.6. The third-order valence-electron chi connectivity index (χ3n) is 2.80. The highest BCUT2D eigenvalue weighted by molar-refractivity contribution is 5.81. The van der Waals surface area contributed by atoms with Gasteiger partial charge in [-0.3, -0.25) is 9.59 Å². The van der Waals surface area contributed by atoms with E-state index in [4.69, 9.17) is 4.74 Å². The van der Waals surface area contributed by atoms with Crippen molar-refractivity contribution in [2.45, 2.75) is 6.54 Å². The Morgan fingerprint density at radius 2 is 1.90 bits per heavy atom. The summed E-state index contributed by atoms with van der Waals surface area (Å²) in [5.74, 6) is -1.27. The van der Waals surface area contributed by atoms with Gasteiger partial charge in [-0.1, -0.05) is 36.4 Å². The van der Waals surface area contributed by atoms with Crippen LogP contribution in [0.3, 0.4) is 0 Å². The summed E-state index contributed by atoms with van der Waals surface area (Å²) in [5.41, 5.74) is 1.02. The minimum absolute atomic E-state index is 0.0749. The molecule has 0 aliphatic rings. The molecule has 0 saturated heterocycles. The lowest BCUT2D eigenvalue weighted by atomic mass is 10.2. The van der Waals surface area contributed by atoms with Crippen LogP contribution in [0.5, 0.6) is 5.75 Å². The number of halogens is 1. The van der Waals surface area contributed by atoms with Crippen molar-refractivity contribution < 1.29 is 18.7 Å². The summed E-state index contributed by atoms with van der Waals surface area (Å²) in [4.78, 5) is 22.4. The molecule has 108 valence electrons. The van der Waals surface area contributed by atoms with Crippen LogP contribution >= 0.6 is 0 Å². The first-order valence-electron chi connectivity index (χ1n) is 6.38. The number of hydrogen-bond acceptors (Lipinski definition) is 3. The normalized spacial score (nSPS) is 9.95. The molecule has 0 heterocycles. The van der Waals surface area contributed by atoms with Crippen LogP contribution in [0.25, 0.3) is 0 Å². The number of para-hydroxylation sites is 1. The smallest absolute Gasteiger partial charge is 0.258 e. The van der Waals surface area contributed by atoms with Gasteiger partial charge in [0.25, 0.3) is 5.91 Å². The van der Waals surface area contributed by atoms with Crippen LogP contribution in [0.2, 0.25) is 0 Å². The maximum absolute atomic E-state index is 13.5. The molecule has 5 heteroatoms. The van der Waals surface area contributed by atoms with Gasteiger partial charge in [-0.05, 0) is 17.7 Å². The lowest BCUT2D eigenvalue weighted by Gasteiger charge is -2.09. The van der Waals surface area contributed by atoms with Crippen molar-refractivity contribution in [3.05, 3.63) is 65.5 Å². The predicted molar refractivity (Wildman–Crippen MR) is 75.6 cm³/mol. The van der Waals surface area contributed by atoms with Gasteiger partial charge < -0.3 is 10.1 Å². The van der Waals surface area contributed by atoms with Crippen LogP contribution in [0.4, 0.5) is 4.39 Å². The first-order valence-corrected chi connectivity index (χ1v) is 6.38. The zero-order valence-electron chi connectivity index (χ0n) is 11.2. The van der Waals surface area contributed by atoms with Gasteiger partial charge in [0, 0.05) is 6.54 Å².